The van der Waals surface area contributed by atoms with Crippen LogP contribution < -0.4 is 4.90 Å². The van der Waals surface area contributed by atoms with Gasteiger partial charge in [0.05, 0.1) is 18.7 Å². The number of rotatable bonds is 6. The SMILES string of the molecule is COCCN(Cc1ccc(C)o1)c1ncnc2cccc(C)c12. The summed E-state index contributed by atoms with van der Waals surface area (Å²) in [5.41, 5.74) is 2.11. The Bertz CT molecular complexity index is 793. The van der Waals surface area contributed by atoms with Gasteiger partial charge < -0.3 is 14.1 Å². The minimum absolute atomic E-state index is 0.622. The Morgan fingerprint density at radius 1 is 1.13 bits per heavy atom. The molecule has 0 radical (unpaired) electrons. The van der Waals surface area contributed by atoms with Crippen LogP contribution in [0, 0.1) is 13.8 Å². The van der Waals surface area contributed by atoms with Gasteiger partial charge in [-0.25, -0.2) is 9.97 Å². The number of methoxy groups -OCH3 is 1. The van der Waals surface area contributed by atoms with Crippen molar-refractivity contribution in [1.82, 2.24) is 9.97 Å². The summed E-state index contributed by atoms with van der Waals surface area (Å²) >= 11 is 0. The van der Waals surface area contributed by atoms with Crippen LogP contribution in [0.15, 0.2) is 41.1 Å². The molecule has 1 aromatic carbocycles. The lowest BCUT2D eigenvalue weighted by Gasteiger charge is -2.24. The zero-order valence-electron chi connectivity index (χ0n) is 13.7. The van der Waals surface area contributed by atoms with E-state index in [0.29, 0.717) is 13.2 Å². The van der Waals surface area contributed by atoms with E-state index in [1.165, 1.54) is 0 Å². The number of fused-ring (bicyclic) bond motifs is 1. The number of aromatic nitrogens is 2. The molecule has 5 heteroatoms. The van der Waals surface area contributed by atoms with Crippen LogP contribution in [0.5, 0.6) is 0 Å². The molecule has 2 heterocycles. The van der Waals surface area contributed by atoms with Gasteiger partial charge >= 0.3 is 0 Å². The maximum absolute atomic E-state index is 5.73. The molecule has 3 rings (SSSR count). The summed E-state index contributed by atoms with van der Waals surface area (Å²) < 4.78 is 11.0. The summed E-state index contributed by atoms with van der Waals surface area (Å²) in [5, 5.41) is 1.08. The molecule has 0 aliphatic heterocycles. The van der Waals surface area contributed by atoms with Gasteiger partial charge in [-0.15, -0.1) is 0 Å². The number of anilines is 1. The van der Waals surface area contributed by atoms with Crippen LogP contribution in [-0.4, -0.2) is 30.2 Å². The summed E-state index contributed by atoms with van der Waals surface area (Å²) in [6.07, 6.45) is 1.62. The minimum Gasteiger partial charge on any atom is -0.464 e. The van der Waals surface area contributed by atoms with Crippen LogP contribution in [0.4, 0.5) is 5.82 Å². The van der Waals surface area contributed by atoms with Gasteiger partial charge in [-0.1, -0.05) is 12.1 Å². The zero-order valence-corrected chi connectivity index (χ0v) is 13.7. The van der Waals surface area contributed by atoms with E-state index < -0.39 is 0 Å². The van der Waals surface area contributed by atoms with Crippen LogP contribution >= 0.6 is 0 Å². The normalized spacial score (nSPS) is 11.1. The van der Waals surface area contributed by atoms with Crippen molar-refractivity contribution in [3.8, 4) is 0 Å². The van der Waals surface area contributed by atoms with Crippen molar-refractivity contribution in [2.24, 2.45) is 0 Å². The van der Waals surface area contributed by atoms with Gasteiger partial charge in [0.25, 0.3) is 0 Å². The van der Waals surface area contributed by atoms with Crippen molar-refractivity contribution in [2.75, 3.05) is 25.2 Å². The van der Waals surface area contributed by atoms with Crippen molar-refractivity contribution < 1.29 is 9.15 Å². The highest BCUT2D eigenvalue weighted by molar-refractivity contribution is 5.92. The number of hydrogen-bond acceptors (Lipinski definition) is 5. The molecule has 2 aromatic heterocycles. The molecule has 3 aromatic rings. The maximum atomic E-state index is 5.73. The molecule has 0 spiro atoms. The predicted molar refractivity (Wildman–Crippen MR) is 90.6 cm³/mol. The third-order valence-electron chi connectivity index (χ3n) is 3.86. The minimum atomic E-state index is 0.622. The number of aryl methyl sites for hydroxylation is 2. The smallest absolute Gasteiger partial charge is 0.140 e. The Kier molecular flexibility index (Phi) is 4.57. The Balaban J connectivity index is 2.02. The van der Waals surface area contributed by atoms with Gasteiger partial charge in [0.1, 0.15) is 23.7 Å². The van der Waals surface area contributed by atoms with E-state index in [2.05, 4.69) is 27.9 Å². The fraction of sp³-hybridized carbons (Fsp3) is 0.333. The van der Waals surface area contributed by atoms with Gasteiger partial charge in [0.15, 0.2) is 0 Å². The molecule has 0 N–H and O–H groups in total. The van der Waals surface area contributed by atoms with E-state index in [9.17, 15) is 0 Å². The summed E-state index contributed by atoms with van der Waals surface area (Å²) in [7, 11) is 1.71. The van der Waals surface area contributed by atoms with Crippen molar-refractivity contribution >= 4 is 16.7 Å². The topological polar surface area (TPSA) is 51.4 Å². The molecule has 0 amide bonds. The molecule has 0 aliphatic carbocycles. The highest BCUT2D eigenvalue weighted by atomic mass is 16.5. The molecule has 0 fully saturated rings. The summed E-state index contributed by atoms with van der Waals surface area (Å²) in [4.78, 5) is 11.1. The average Bonchev–Trinajstić information content (AvgIpc) is 2.96. The molecule has 0 aliphatic rings. The first-order valence-electron chi connectivity index (χ1n) is 7.68. The molecule has 0 atom stereocenters. The van der Waals surface area contributed by atoms with Crippen LogP contribution in [0.2, 0.25) is 0 Å². The predicted octanol–water partition coefficient (Wildman–Crippen LogP) is 3.49. The van der Waals surface area contributed by atoms with Crippen LogP contribution in [0.1, 0.15) is 17.1 Å². The summed E-state index contributed by atoms with van der Waals surface area (Å²) in [6.45, 7) is 6.04. The Morgan fingerprint density at radius 3 is 2.74 bits per heavy atom. The Labute approximate surface area is 135 Å². The van der Waals surface area contributed by atoms with Gasteiger partial charge in [0, 0.05) is 19.0 Å². The van der Waals surface area contributed by atoms with E-state index >= 15 is 0 Å². The van der Waals surface area contributed by atoms with E-state index in [0.717, 1.165) is 40.3 Å². The highest BCUT2D eigenvalue weighted by Crippen LogP contribution is 2.27. The first kappa shape index (κ1) is 15.5. The second-order valence-corrected chi connectivity index (χ2v) is 5.59. The first-order chi connectivity index (χ1) is 11.2. The average molecular weight is 311 g/mol. The monoisotopic (exact) mass is 311 g/mol. The molecular formula is C18H21N3O2. The number of furan rings is 1. The zero-order chi connectivity index (χ0) is 16.2. The summed E-state index contributed by atoms with van der Waals surface area (Å²) in [5.74, 6) is 2.74. The van der Waals surface area contributed by atoms with Gasteiger partial charge in [-0.3, -0.25) is 0 Å². The molecule has 5 nitrogen and oxygen atoms in total. The van der Waals surface area contributed by atoms with Gasteiger partial charge in [-0.2, -0.15) is 0 Å². The van der Waals surface area contributed by atoms with E-state index in [-0.39, 0.29) is 0 Å². The molecule has 23 heavy (non-hydrogen) atoms. The molecule has 0 unspecified atom stereocenters. The molecule has 0 saturated heterocycles. The van der Waals surface area contributed by atoms with E-state index in [4.69, 9.17) is 9.15 Å². The number of ether oxygens (including phenoxy) is 1. The van der Waals surface area contributed by atoms with Crippen molar-refractivity contribution in [2.45, 2.75) is 20.4 Å². The van der Waals surface area contributed by atoms with Crippen molar-refractivity contribution in [3.05, 3.63) is 53.7 Å². The quantitative estimate of drug-likeness (QED) is 0.697. The Morgan fingerprint density at radius 2 is 2.00 bits per heavy atom. The van der Waals surface area contributed by atoms with Crippen LogP contribution in [-0.2, 0) is 11.3 Å². The Hall–Kier alpha value is -2.40. The highest BCUT2D eigenvalue weighted by Gasteiger charge is 2.15. The number of nitrogens with zero attached hydrogens (tertiary/aromatic N) is 3. The standard InChI is InChI=1S/C18H21N3O2/c1-13-5-4-6-16-17(13)18(20-12-19-16)21(9-10-22-3)11-15-8-7-14(2)23-15/h4-8,12H,9-11H2,1-3H3. The molecule has 0 saturated carbocycles. The molecule has 120 valence electrons. The molecular weight excluding hydrogens is 290 g/mol. The second kappa shape index (κ2) is 6.79. The van der Waals surface area contributed by atoms with E-state index in [1.807, 2.05) is 31.2 Å². The van der Waals surface area contributed by atoms with Crippen LogP contribution in [0.3, 0.4) is 0 Å². The van der Waals surface area contributed by atoms with Crippen molar-refractivity contribution in [3.63, 3.8) is 0 Å². The number of hydrogen-bond donors (Lipinski definition) is 0. The van der Waals surface area contributed by atoms with E-state index in [1.54, 1.807) is 13.4 Å². The number of benzene rings is 1. The lowest BCUT2D eigenvalue weighted by Crippen LogP contribution is -2.27. The van der Waals surface area contributed by atoms with Crippen molar-refractivity contribution in [1.29, 1.82) is 0 Å². The largest absolute Gasteiger partial charge is 0.464 e. The lowest BCUT2D eigenvalue weighted by molar-refractivity contribution is 0.204. The second-order valence-electron chi connectivity index (χ2n) is 5.59. The third-order valence-corrected chi connectivity index (χ3v) is 3.86. The fourth-order valence-corrected chi connectivity index (χ4v) is 2.72. The fourth-order valence-electron chi connectivity index (χ4n) is 2.72. The first-order valence-corrected chi connectivity index (χ1v) is 7.68. The third kappa shape index (κ3) is 3.35. The lowest BCUT2D eigenvalue weighted by atomic mass is 10.1. The molecule has 0 bridgehead atoms. The van der Waals surface area contributed by atoms with Crippen LogP contribution in [0.25, 0.3) is 10.9 Å². The summed E-state index contributed by atoms with van der Waals surface area (Å²) in [6, 6.07) is 10.1. The van der Waals surface area contributed by atoms with Gasteiger partial charge in [0.2, 0.25) is 0 Å². The van der Waals surface area contributed by atoms with Gasteiger partial charge in [-0.05, 0) is 37.6 Å². The maximum Gasteiger partial charge on any atom is 0.140 e.